The summed E-state index contributed by atoms with van der Waals surface area (Å²) < 4.78 is 0. The lowest BCUT2D eigenvalue weighted by Crippen LogP contribution is -2.41. The van der Waals surface area contributed by atoms with E-state index in [1.807, 2.05) is 13.0 Å². The molecule has 2 heterocycles. The summed E-state index contributed by atoms with van der Waals surface area (Å²) in [5, 5.41) is 3.75. The Morgan fingerprint density at radius 2 is 2.00 bits per heavy atom. The van der Waals surface area contributed by atoms with Crippen molar-refractivity contribution in [2.75, 3.05) is 18.4 Å². The van der Waals surface area contributed by atoms with Crippen LogP contribution in [-0.2, 0) is 11.2 Å². The Labute approximate surface area is 184 Å². The van der Waals surface area contributed by atoms with Gasteiger partial charge in [-0.2, -0.15) is 0 Å². The van der Waals surface area contributed by atoms with E-state index >= 15 is 0 Å². The largest absolute Gasteiger partial charge is 0.325 e. The summed E-state index contributed by atoms with van der Waals surface area (Å²) in [5.41, 5.74) is 3.75. The number of carbonyl (C=O) groups excluding carboxylic acids is 1. The summed E-state index contributed by atoms with van der Waals surface area (Å²) in [6.07, 6.45) is 4.30. The van der Waals surface area contributed by atoms with Crippen molar-refractivity contribution in [1.29, 1.82) is 0 Å². The molecule has 0 atom stereocenters. The number of hydrogen-bond donors (Lipinski definition) is 1. The second-order valence-corrected chi connectivity index (χ2v) is 8.59. The molecular formula is C24H31ClN4O. The molecule has 1 aliphatic heterocycles. The molecule has 2 aromatic rings. The molecule has 0 unspecified atom stereocenters. The van der Waals surface area contributed by atoms with Crippen LogP contribution in [-0.4, -0.2) is 40.6 Å². The third-order valence-corrected chi connectivity index (χ3v) is 5.99. The zero-order valence-corrected chi connectivity index (χ0v) is 19.0. The topological polar surface area (TPSA) is 57.6 Å². The highest BCUT2D eigenvalue weighted by molar-refractivity contribution is 6.30. The first-order valence-electron chi connectivity index (χ1n) is 10.7. The predicted molar refractivity (Wildman–Crippen MR) is 125 cm³/mol. The van der Waals surface area contributed by atoms with Gasteiger partial charge in [-0.25, -0.2) is 9.98 Å². The van der Waals surface area contributed by atoms with Crippen LogP contribution < -0.4 is 5.32 Å². The quantitative estimate of drug-likeness (QED) is 0.620. The van der Waals surface area contributed by atoms with Crippen molar-refractivity contribution in [2.24, 2.45) is 10.9 Å². The first-order chi connectivity index (χ1) is 14.4. The Morgan fingerprint density at radius 1 is 1.27 bits per heavy atom. The summed E-state index contributed by atoms with van der Waals surface area (Å²) in [4.78, 5) is 24.3. The highest BCUT2D eigenvalue weighted by Gasteiger charge is 2.26. The molecule has 0 radical (unpaired) electrons. The van der Waals surface area contributed by atoms with Gasteiger partial charge in [-0.05, 0) is 83.0 Å². The number of amides is 1. The molecular weight excluding hydrogens is 396 g/mol. The Hall–Kier alpha value is -2.24. The monoisotopic (exact) mass is 426 g/mol. The van der Waals surface area contributed by atoms with Crippen molar-refractivity contribution in [3.63, 3.8) is 0 Å². The minimum absolute atomic E-state index is 0.0499. The Balaban J connectivity index is 1.79. The molecule has 1 fully saturated rings. The molecule has 1 saturated heterocycles. The van der Waals surface area contributed by atoms with Crippen molar-refractivity contribution in [2.45, 2.75) is 53.0 Å². The van der Waals surface area contributed by atoms with Crippen LogP contribution in [0, 0.1) is 5.92 Å². The third-order valence-electron chi connectivity index (χ3n) is 5.76. The summed E-state index contributed by atoms with van der Waals surface area (Å²) in [7, 11) is 0. The van der Waals surface area contributed by atoms with E-state index in [2.05, 4.69) is 53.1 Å². The lowest BCUT2D eigenvalue weighted by atomic mass is 9.94. The van der Waals surface area contributed by atoms with Gasteiger partial charge in [0, 0.05) is 35.1 Å². The number of nitrogens with zero attached hydrogens (tertiary/aromatic N) is 3. The Kier molecular flexibility index (Phi) is 7.62. The number of halogens is 1. The number of aliphatic imine (C=N–C) groups is 1. The van der Waals surface area contributed by atoms with Crippen molar-refractivity contribution in [3.05, 3.63) is 52.7 Å². The molecule has 3 rings (SSSR count). The lowest BCUT2D eigenvalue weighted by Gasteiger charge is -2.34. The van der Waals surface area contributed by atoms with Crippen LogP contribution in [0.1, 0.15) is 51.7 Å². The normalized spacial score (nSPS) is 16.1. The fourth-order valence-corrected chi connectivity index (χ4v) is 3.91. The predicted octanol–water partition coefficient (Wildman–Crippen LogP) is 5.50. The Bertz CT molecular complexity index is 900. The smallest absolute Gasteiger partial charge is 0.227 e. The van der Waals surface area contributed by atoms with Gasteiger partial charge in [-0.1, -0.05) is 24.6 Å². The number of aryl methyl sites for hydroxylation is 1. The fraction of sp³-hybridized carbons (Fsp3) is 0.458. The van der Waals surface area contributed by atoms with Gasteiger partial charge in [0.2, 0.25) is 5.91 Å². The van der Waals surface area contributed by atoms with Crippen LogP contribution in [0.3, 0.4) is 0 Å². The summed E-state index contributed by atoms with van der Waals surface area (Å²) in [6, 6.07) is 10.2. The highest BCUT2D eigenvalue weighted by atomic mass is 35.5. The molecule has 5 nitrogen and oxygen atoms in total. The Morgan fingerprint density at radius 3 is 2.60 bits per heavy atom. The number of hydrogen-bond acceptors (Lipinski definition) is 4. The van der Waals surface area contributed by atoms with Crippen LogP contribution in [0.4, 0.5) is 11.5 Å². The first kappa shape index (κ1) is 22.4. The average molecular weight is 427 g/mol. The second kappa shape index (κ2) is 10.2. The molecule has 1 aromatic heterocycles. The van der Waals surface area contributed by atoms with Crippen LogP contribution >= 0.6 is 11.6 Å². The molecule has 1 amide bonds. The van der Waals surface area contributed by atoms with Crippen molar-refractivity contribution in [3.8, 4) is 0 Å². The number of anilines is 1. The standard InChI is InChI=1S/C24H31ClN4O/c1-5-18-6-8-22(28-24(30)19-10-12-29(13-11-19)16(2)3)21(14-18)17(4)27-23-9-7-20(25)15-26-23/h6-9,14-16,19H,5,10-13H2,1-4H3,(H,28,30). The number of likely N-dealkylation sites (tertiary alicyclic amines) is 1. The molecule has 30 heavy (non-hydrogen) atoms. The van der Waals surface area contributed by atoms with E-state index in [-0.39, 0.29) is 11.8 Å². The first-order valence-corrected chi connectivity index (χ1v) is 11.1. The number of pyridine rings is 1. The van der Waals surface area contributed by atoms with Gasteiger partial charge in [0.1, 0.15) is 0 Å². The molecule has 0 bridgehead atoms. The van der Waals surface area contributed by atoms with Gasteiger partial charge in [0.25, 0.3) is 0 Å². The van der Waals surface area contributed by atoms with Crippen LogP contribution in [0.2, 0.25) is 5.02 Å². The molecule has 0 aliphatic carbocycles. The van der Waals surface area contributed by atoms with Gasteiger partial charge in [-0.15, -0.1) is 0 Å². The molecule has 1 N–H and O–H groups in total. The SMILES string of the molecule is CCc1ccc(NC(=O)C2CCN(C(C)C)CC2)c(C(C)=Nc2ccc(Cl)cn2)c1. The maximum absolute atomic E-state index is 13.0. The molecule has 0 spiro atoms. The molecule has 6 heteroatoms. The van der Waals surface area contributed by atoms with E-state index in [1.165, 1.54) is 5.56 Å². The molecule has 0 saturated carbocycles. The highest BCUT2D eigenvalue weighted by Crippen LogP contribution is 2.25. The van der Waals surface area contributed by atoms with Gasteiger partial charge < -0.3 is 10.2 Å². The summed E-state index contributed by atoms with van der Waals surface area (Å²) in [5.74, 6) is 0.743. The van der Waals surface area contributed by atoms with E-state index in [1.54, 1.807) is 18.3 Å². The van der Waals surface area contributed by atoms with Crippen LogP contribution in [0.15, 0.2) is 41.5 Å². The number of carbonyl (C=O) groups is 1. The van der Waals surface area contributed by atoms with Crippen LogP contribution in [0.5, 0.6) is 0 Å². The third kappa shape index (κ3) is 5.67. The van der Waals surface area contributed by atoms with E-state index in [4.69, 9.17) is 11.6 Å². The van der Waals surface area contributed by atoms with E-state index < -0.39 is 0 Å². The van der Waals surface area contributed by atoms with E-state index in [0.29, 0.717) is 16.9 Å². The maximum atomic E-state index is 13.0. The van der Waals surface area contributed by atoms with Crippen molar-refractivity contribution >= 4 is 34.7 Å². The molecule has 1 aliphatic rings. The van der Waals surface area contributed by atoms with Gasteiger partial charge in [-0.3, -0.25) is 4.79 Å². The number of nitrogens with one attached hydrogen (secondary N) is 1. The lowest BCUT2D eigenvalue weighted by molar-refractivity contribution is -0.121. The maximum Gasteiger partial charge on any atom is 0.227 e. The summed E-state index contributed by atoms with van der Waals surface area (Å²) in [6.45, 7) is 10.4. The minimum atomic E-state index is 0.0499. The number of piperidine rings is 1. The zero-order valence-electron chi connectivity index (χ0n) is 18.3. The minimum Gasteiger partial charge on any atom is -0.325 e. The van der Waals surface area contributed by atoms with Gasteiger partial charge in [0.05, 0.1) is 5.02 Å². The van der Waals surface area contributed by atoms with E-state index in [9.17, 15) is 4.79 Å². The molecule has 160 valence electrons. The summed E-state index contributed by atoms with van der Waals surface area (Å²) >= 11 is 5.93. The second-order valence-electron chi connectivity index (χ2n) is 8.16. The number of rotatable bonds is 6. The van der Waals surface area contributed by atoms with Gasteiger partial charge >= 0.3 is 0 Å². The fourth-order valence-electron chi connectivity index (χ4n) is 3.80. The number of aromatic nitrogens is 1. The van der Waals surface area contributed by atoms with Gasteiger partial charge in [0.15, 0.2) is 5.82 Å². The van der Waals surface area contributed by atoms with Crippen molar-refractivity contribution < 1.29 is 4.79 Å². The molecule has 1 aromatic carbocycles. The zero-order chi connectivity index (χ0) is 21.7. The van der Waals surface area contributed by atoms with E-state index in [0.717, 1.165) is 49.3 Å². The van der Waals surface area contributed by atoms with Crippen molar-refractivity contribution in [1.82, 2.24) is 9.88 Å². The van der Waals surface area contributed by atoms with Crippen LogP contribution in [0.25, 0.3) is 0 Å². The average Bonchev–Trinajstić information content (AvgIpc) is 2.75. The number of benzene rings is 1.